The Hall–Kier alpha value is -1.88. The minimum absolute atomic E-state index is 0.498. The fourth-order valence-electron chi connectivity index (χ4n) is 2.09. The summed E-state index contributed by atoms with van der Waals surface area (Å²) in [6.07, 6.45) is 2.42. The van der Waals surface area contributed by atoms with Gasteiger partial charge in [0, 0.05) is 5.56 Å². The molecule has 0 aliphatic rings. The molecular formula is C13H16ClN3O2. The third kappa shape index (κ3) is 2.21. The molecule has 0 aliphatic carbocycles. The predicted molar refractivity (Wildman–Crippen MR) is 75.9 cm³/mol. The molecule has 1 heterocycles. The molecule has 102 valence electrons. The van der Waals surface area contributed by atoms with E-state index in [9.17, 15) is 0 Å². The molecule has 0 saturated carbocycles. The van der Waals surface area contributed by atoms with Gasteiger partial charge in [-0.1, -0.05) is 18.5 Å². The normalized spacial score (nSPS) is 10.5. The Morgan fingerprint density at radius 3 is 2.53 bits per heavy atom. The molecule has 6 heteroatoms. The Bertz CT molecular complexity index is 596. The summed E-state index contributed by atoms with van der Waals surface area (Å²) in [6.45, 7) is 2.02. The van der Waals surface area contributed by atoms with Crippen LogP contribution in [0.15, 0.2) is 12.3 Å². The average molecular weight is 282 g/mol. The monoisotopic (exact) mass is 281 g/mol. The molecule has 3 N–H and O–H groups in total. The number of nitrogen functional groups attached to an aromatic ring is 1. The molecule has 1 aromatic carbocycles. The van der Waals surface area contributed by atoms with Crippen molar-refractivity contribution in [2.75, 3.05) is 20.0 Å². The van der Waals surface area contributed by atoms with Crippen LogP contribution in [0.25, 0.3) is 11.1 Å². The number of nitrogens with zero attached hydrogens (tertiary/aromatic N) is 1. The Morgan fingerprint density at radius 1 is 1.32 bits per heavy atom. The number of anilines is 1. The summed E-state index contributed by atoms with van der Waals surface area (Å²) in [5.41, 5.74) is 8.53. The number of H-pyrrole nitrogens is 1. The second-order valence-electron chi connectivity index (χ2n) is 4.00. The summed E-state index contributed by atoms with van der Waals surface area (Å²) in [7, 11) is 3.14. The molecule has 2 aromatic rings. The molecule has 19 heavy (non-hydrogen) atoms. The van der Waals surface area contributed by atoms with E-state index in [1.165, 1.54) is 0 Å². The number of methoxy groups -OCH3 is 2. The topological polar surface area (TPSA) is 73.2 Å². The Kier molecular flexibility index (Phi) is 3.85. The van der Waals surface area contributed by atoms with E-state index in [4.69, 9.17) is 26.8 Å². The smallest absolute Gasteiger partial charge is 0.179 e. The third-order valence-corrected chi connectivity index (χ3v) is 3.42. The van der Waals surface area contributed by atoms with Gasteiger partial charge in [0.25, 0.3) is 0 Å². The number of rotatable bonds is 4. The molecule has 0 unspecified atom stereocenters. The van der Waals surface area contributed by atoms with Crippen LogP contribution in [-0.2, 0) is 6.42 Å². The van der Waals surface area contributed by atoms with E-state index in [0.717, 1.165) is 23.1 Å². The van der Waals surface area contributed by atoms with Gasteiger partial charge in [-0.2, -0.15) is 5.10 Å². The zero-order chi connectivity index (χ0) is 14.0. The molecule has 0 aliphatic heterocycles. The Balaban J connectivity index is 2.74. The van der Waals surface area contributed by atoms with Gasteiger partial charge < -0.3 is 15.2 Å². The van der Waals surface area contributed by atoms with Gasteiger partial charge in [-0.25, -0.2) is 0 Å². The number of ether oxygens (including phenoxy) is 2. The third-order valence-electron chi connectivity index (χ3n) is 3.03. The number of nitrogens with two attached hydrogens (primary N) is 1. The van der Waals surface area contributed by atoms with Gasteiger partial charge in [0.05, 0.1) is 25.4 Å². The maximum atomic E-state index is 6.39. The SMILES string of the molecule is CCc1c(-c2cn[nH]c2N)cc(OC)c(OC)c1Cl. The fraction of sp³-hybridized carbons (Fsp3) is 0.308. The van der Waals surface area contributed by atoms with E-state index in [0.29, 0.717) is 22.3 Å². The van der Waals surface area contributed by atoms with E-state index >= 15 is 0 Å². The molecular weight excluding hydrogens is 266 g/mol. The van der Waals surface area contributed by atoms with Gasteiger partial charge in [-0.3, -0.25) is 5.10 Å². The van der Waals surface area contributed by atoms with Gasteiger partial charge in [0.1, 0.15) is 5.82 Å². The Labute approximate surface area is 116 Å². The molecule has 0 bridgehead atoms. The number of hydrogen-bond acceptors (Lipinski definition) is 4. The van der Waals surface area contributed by atoms with Crippen molar-refractivity contribution in [3.05, 3.63) is 22.8 Å². The van der Waals surface area contributed by atoms with Crippen LogP contribution in [-0.4, -0.2) is 24.4 Å². The zero-order valence-corrected chi connectivity index (χ0v) is 11.8. The van der Waals surface area contributed by atoms with Crippen molar-refractivity contribution in [3.63, 3.8) is 0 Å². The van der Waals surface area contributed by atoms with Crippen molar-refractivity contribution >= 4 is 17.4 Å². The lowest BCUT2D eigenvalue weighted by molar-refractivity contribution is 0.355. The first-order valence-electron chi connectivity index (χ1n) is 5.86. The van der Waals surface area contributed by atoms with Gasteiger partial charge in [0.15, 0.2) is 11.5 Å². The maximum absolute atomic E-state index is 6.39. The van der Waals surface area contributed by atoms with E-state index in [-0.39, 0.29) is 0 Å². The molecule has 5 nitrogen and oxygen atoms in total. The molecule has 2 rings (SSSR count). The summed E-state index contributed by atoms with van der Waals surface area (Å²) in [4.78, 5) is 0. The quantitative estimate of drug-likeness (QED) is 0.904. The van der Waals surface area contributed by atoms with Crippen molar-refractivity contribution in [1.82, 2.24) is 10.2 Å². The lowest BCUT2D eigenvalue weighted by Gasteiger charge is -2.16. The first kappa shape index (κ1) is 13.5. The summed E-state index contributed by atoms with van der Waals surface area (Å²) < 4.78 is 10.6. The van der Waals surface area contributed by atoms with Crippen molar-refractivity contribution in [2.45, 2.75) is 13.3 Å². The highest BCUT2D eigenvalue weighted by atomic mass is 35.5. The predicted octanol–water partition coefficient (Wildman–Crippen LogP) is 2.89. The molecule has 0 spiro atoms. The van der Waals surface area contributed by atoms with E-state index < -0.39 is 0 Å². The minimum atomic E-state index is 0.498. The first-order valence-corrected chi connectivity index (χ1v) is 6.24. The molecule has 0 amide bonds. The fourth-order valence-corrected chi connectivity index (χ4v) is 2.49. The summed E-state index contributed by atoms with van der Waals surface area (Å²) in [5, 5.41) is 7.19. The van der Waals surface area contributed by atoms with Crippen molar-refractivity contribution < 1.29 is 9.47 Å². The summed E-state index contributed by atoms with van der Waals surface area (Å²) in [5.74, 6) is 1.60. The summed E-state index contributed by atoms with van der Waals surface area (Å²) >= 11 is 6.39. The van der Waals surface area contributed by atoms with Crippen molar-refractivity contribution in [3.8, 4) is 22.6 Å². The molecule has 1 aromatic heterocycles. The van der Waals surface area contributed by atoms with E-state index in [1.807, 2.05) is 13.0 Å². The van der Waals surface area contributed by atoms with Gasteiger partial charge >= 0.3 is 0 Å². The highest BCUT2D eigenvalue weighted by Gasteiger charge is 2.19. The number of benzene rings is 1. The highest BCUT2D eigenvalue weighted by Crippen LogP contribution is 2.44. The number of hydrogen-bond donors (Lipinski definition) is 2. The van der Waals surface area contributed by atoms with Crippen LogP contribution in [0.4, 0.5) is 5.82 Å². The van der Waals surface area contributed by atoms with Gasteiger partial charge in [0.2, 0.25) is 0 Å². The van der Waals surface area contributed by atoms with E-state index in [1.54, 1.807) is 20.4 Å². The van der Waals surface area contributed by atoms with E-state index in [2.05, 4.69) is 10.2 Å². The highest BCUT2D eigenvalue weighted by molar-refractivity contribution is 6.33. The maximum Gasteiger partial charge on any atom is 0.179 e. The van der Waals surface area contributed by atoms with Crippen molar-refractivity contribution in [2.24, 2.45) is 0 Å². The second kappa shape index (κ2) is 5.40. The number of aromatic nitrogens is 2. The van der Waals surface area contributed by atoms with Crippen LogP contribution >= 0.6 is 11.6 Å². The van der Waals surface area contributed by atoms with Crippen LogP contribution in [0.1, 0.15) is 12.5 Å². The van der Waals surface area contributed by atoms with Gasteiger partial charge in [-0.15, -0.1) is 0 Å². The average Bonchev–Trinajstić information content (AvgIpc) is 2.83. The standard InChI is InChI=1S/C13H16ClN3O2/c1-4-7-8(9-6-16-17-13(9)15)5-10(18-2)12(19-3)11(7)14/h5-6H,4H2,1-3H3,(H3,15,16,17). The Morgan fingerprint density at radius 2 is 2.05 bits per heavy atom. The molecule has 0 saturated heterocycles. The van der Waals surface area contributed by atoms with Crippen LogP contribution in [0.2, 0.25) is 5.02 Å². The first-order chi connectivity index (χ1) is 9.13. The lowest BCUT2D eigenvalue weighted by Crippen LogP contribution is -1.98. The number of nitrogens with one attached hydrogen (secondary N) is 1. The summed E-state index contributed by atoms with van der Waals surface area (Å²) in [6, 6.07) is 1.87. The largest absolute Gasteiger partial charge is 0.493 e. The van der Waals surface area contributed by atoms with Crippen molar-refractivity contribution in [1.29, 1.82) is 0 Å². The molecule has 0 fully saturated rings. The molecule has 0 radical (unpaired) electrons. The second-order valence-corrected chi connectivity index (χ2v) is 4.38. The minimum Gasteiger partial charge on any atom is -0.493 e. The van der Waals surface area contributed by atoms with Crippen LogP contribution in [0, 0.1) is 0 Å². The molecule has 0 atom stereocenters. The van der Waals surface area contributed by atoms with Crippen LogP contribution in [0.3, 0.4) is 0 Å². The zero-order valence-electron chi connectivity index (χ0n) is 11.1. The number of halogens is 1. The van der Waals surface area contributed by atoms with Crippen LogP contribution in [0.5, 0.6) is 11.5 Å². The van der Waals surface area contributed by atoms with Crippen LogP contribution < -0.4 is 15.2 Å². The number of aromatic amines is 1. The van der Waals surface area contributed by atoms with Gasteiger partial charge in [-0.05, 0) is 23.6 Å². The lowest BCUT2D eigenvalue weighted by atomic mass is 9.98.